The quantitative estimate of drug-likeness (QED) is 0.584. The molecular weight excluding hydrogens is 410 g/mol. The third kappa shape index (κ3) is 5.41. The number of hydrogen-bond donors (Lipinski definition) is 1. The molecule has 0 radical (unpaired) electrons. The van der Waals surface area contributed by atoms with Gasteiger partial charge >= 0.3 is 0 Å². The Bertz CT molecular complexity index is 1120. The minimum absolute atomic E-state index is 0.298. The number of imidazole rings is 1. The molecule has 162 valence electrons. The monoisotopic (exact) mass is 437 g/mol. The highest BCUT2D eigenvalue weighted by Gasteiger charge is 2.30. The highest BCUT2D eigenvalue weighted by Crippen LogP contribution is 2.26. The maximum absolute atomic E-state index is 12.4. The SMILES string of the molecule is O=C(CS(=O)(=O)C1CCCC1)NCc1ccccc1-c1ccc(Cn2ccnc2)cc1. The number of nitrogens with one attached hydrogen (secondary N) is 1. The van der Waals surface area contributed by atoms with Crippen molar-refractivity contribution in [2.45, 2.75) is 44.0 Å². The van der Waals surface area contributed by atoms with Gasteiger partial charge in [-0.15, -0.1) is 0 Å². The van der Waals surface area contributed by atoms with Crippen LogP contribution < -0.4 is 5.32 Å². The number of carbonyl (C=O) groups excluding carboxylic acids is 1. The van der Waals surface area contributed by atoms with Gasteiger partial charge in [0.05, 0.1) is 11.6 Å². The van der Waals surface area contributed by atoms with Crippen LogP contribution in [-0.4, -0.2) is 34.9 Å². The molecule has 31 heavy (non-hydrogen) atoms. The van der Waals surface area contributed by atoms with Gasteiger partial charge in [0.25, 0.3) is 0 Å². The third-order valence-corrected chi connectivity index (χ3v) is 7.98. The van der Waals surface area contributed by atoms with Gasteiger partial charge in [0.1, 0.15) is 5.75 Å². The predicted octanol–water partition coefficient (Wildman–Crippen LogP) is 3.57. The normalized spacial score (nSPS) is 14.6. The second-order valence-electron chi connectivity index (χ2n) is 8.08. The molecule has 1 aromatic heterocycles. The molecule has 2 aromatic carbocycles. The van der Waals surface area contributed by atoms with Crippen LogP contribution in [0.25, 0.3) is 11.1 Å². The van der Waals surface area contributed by atoms with Gasteiger partial charge in [-0.25, -0.2) is 13.4 Å². The van der Waals surface area contributed by atoms with Crippen LogP contribution in [0.1, 0.15) is 36.8 Å². The van der Waals surface area contributed by atoms with Gasteiger partial charge in [-0.3, -0.25) is 4.79 Å². The Morgan fingerprint density at radius 2 is 1.81 bits per heavy atom. The maximum Gasteiger partial charge on any atom is 0.235 e. The fourth-order valence-electron chi connectivity index (χ4n) is 4.13. The molecular formula is C24H27N3O3S. The summed E-state index contributed by atoms with van der Waals surface area (Å²) in [5.74, 6) is -0.861. The van der Waals surface area contributed by atoms with Crippen molar-refractivity contribution in [1.82, 2.24) is 14.9 Å². The second kappa shape index (κ2) is 9.47. The van der Waals surface area contributed by atoms with Gasteiger partial charge in [-0.2, -0.15) is 0 Å². The highest BCUT2D eigenvalue weighted by atomic mass is 32.2. The van der Waals surface area contributed by atoms with Gasteiger partial charge in [-0.05, 0) is 35.1 Å². The fourth-order valence-corrected chi connectivity index (χ4v) is 5.88. The van der Waals surface area contributed by atoms with Crippen molar-refractivity contribution >= 4 is 15.7 Å². The Morgan fingerprint density at radius 1 is 1.06 bits per heavy atom. The van der Waals surface area contributed by atoms with Crippen molar-refractivity contribution in [2.75, 3.05) is 5.75 Å². The number of hydrogen-bond acceptors (Lipinski definition) is 4. The molecule has 1 aliphatic rings. The number of benzene rings is 2. The van der Waals surface area contributed by atoms with Crippen LogP contribution in [0.2, 0.25) is 0 Å². The van der Waals surface area contributed by atoms with Crippen LogP contribution in [0.3, 0.4) is 0 Å². The Kier molecular flexibility index (Phi) is 6.51. The van der Waals surface area contributed by atoms with Crippen molar-refractivity contribution in [2.24, 2.45) is 0 Å². The Hall–Kier alpha value is -2.93. The van der Waals surface area contributed by atoms with Gasteiger partial charge in [0.15, 0.2) is 9.84 Å². The summed E-state index contributed by atoms with van der Waals surface area (Å²) in [5.41, 5.74) is 4.20. The maximum atomic E-state index is 12.4. The smallest absolute Gasteiger partial charge is 0.235 e. The van der Waals surface area contributed by atoms with Gasteiger partial charge in [0, 0.05) is 25.5 Å². The number of carbonyl (C=O) groups is 1. The van der Waals surface area contributed by atoms with E-state index >= 15 is 0 Å². The van der Waals surface area contributed by atoms with E-state index in [1.54, 1.807) is 12.5 Å². The minimum atomic E-state index is -3.37. The van der Waals surface area contributed by atoms with E-state index in [-0.39, 0.29) is 5.25 Å². The number of sulfone groups is 1. The minimum Gasteiger partial charge on any atom is -0.351 e. The van der Waals surface area contributed by atoms with Crippen LogP contribution in [-0.2, 0) is 27.7 Å². The zero-order valence-corrected chi connectivity index (χ0v) is 18.2. The first-order valence-electron chi connectivity index (χ1n) is 10.6. The Morgan fingerprint density at radius 3 is 2.52 bits per heavy atom. The molecule has 0 bridgehead atoms. The van der Waals surface area contributed by atoms with Crippen molar-refractivity contribution in [3.05, 3.63) is 78.4 Å². The van der Waals surface area contributed by atoms with E-state index in [4.69, 9.17) is 0 Å². The van der Waals surface area contributed by atoms with Gasteiger partial charge in [0.2, 0.25) is 5.91 Å². The summed E-state index contributed by atoms with van der Waals surface area (Å²) < 4.78 is 26.9. The van der Waals surface area contributed by atoms with Crippen molar-refractivity contribution < 1.29 is 13.2 Å². The van der Waals surface area contributed by atoms with E-state index < -0.39 is 21.5 Å². The molecule has 0 saturated heterocycles. The van der Waals surface area contributed by atoms with Crippen LogP contribution in [0.15, 0.2) is 67.3 Å². The molecule has 4 rings (SSSR count). The van der Waals surface area contributed by atoms with Crippen molar-refractivity contribution in [1.29, 1.82) is 0 Å². The lowest BCUT2D eigenvalue weighted by molar-refractivity contribution is -0.118. The molecule has 1 amide bonds. The first kappa shape index (κ1) is 21.3. The fraction of sp³-hybridized carbons (Fsp3) is 0.333. The number of nitrogens with zero attached hydrogens (tertiary/aromatic N) is 2. The lowest BCUT2D eigenvalue weighted by Crippen LogP contribution is -2.33. The van der Waals surface area contributed by atoms with Crippen molar-refractivity contribution in [3.63, 3.8) is 0 Å². The largest absolute Gasteiger partial charge is 0.351 e. The first-order valence-corrected chi connectivity index (χ1v) is 12.3. The molecule has 1 aliphatic carbocycles. The molecule has 6 nitrogen and oxygen atoms in total. The van der Waals surface area contributed by atoms with Gasteiger partial charge < -0.3 is 9.88 Å². The molecule has 1 heterocycles. The lowest BCUT2D eigenvalue weighted by Gasteiger charge is -2.13. The summed E-state index contributed by atoms with van der Waals surface area (Å²) in [6, 6.07) is 16.2. The lowest BCUT2D eigenvalue weighted by atomic mass is 9.98. The van der Waals surface area contributed by atoms with Crippen molar-refractivity contribution in [3.8, 4) is 11.1 Å². The number of amides is 1. The zero-order chi connectivity index (χ0) is 21.7. The van der Waals surface area contributed by atoms with Crippen LogP contribution in [0.5, 0.6) is 0 Å². The van der Waals surface area contributed by atoms with E-state index in [0.717, 1.165) is 36.1 Å². The summed E-state index contributed by atoms with van der Waals surface area (Å²) in [5, 5.41) is 2.45. The molecule has 0 spiro atoms. The summed E-state index contributed by atoms with van der Waals surface area (Å²) in [7, 11) is -3.37. The third-order valence-electron chi connectivity index (χ3n) is 5.82. The molecule has 3 aromatic rings. The van der Waals surface area contributed by atoms with E-state index in [1.807, 2.05) is 35.0 Å². The molecule has 7 heteroatoms. The Labute approximate surface area is 183 Å². The summed E-state index contributed by atoms with van der Waals surface area (Å²) in [6.07, 6.45) is 8.69. The number of aromatic nitrogens is 2. The van der Waals surface area contributed by atoms with Crippen LogP contribution in [0, 0.1) is 0 Å². The molecule has 0 unspecified atom stereocenters. The van der Waals surface area contributed by atoms with E-state index in [0.29, 0.717) is 19.4 Å². The standard InChI is InChI=1S/C24H27N3O3S/c28-24(17-31(29,30)22-6-2-3-7-22)26-15-21-5-1-4-8-23(21)20-11-9-19(10-12-20)16-27-14-13-25-18-27/h1,4-5,8-14,18,22H,2-3,6-7,15-17H2,(H,26,28). The molecule has 0 aliphatic heterocycles. The average molecular weight is 438 g/mol. The van der Waals surface area contributed by atoms with Crippen LogP contribution in [0.4, 0.5) is 0 Å². The van der Waals surface area contributed by atoms with E-state index in [1.165, 1.54) is 5.56 Å². The predicted molar refractivity (Wildman–Crippen MR) is 121 cm³/mol. The summed E-state index contributed by atoms with van der Waals surface area (Å²) in [4.78, 5) is 16.4. The molecule has 1 N–H and O–H groups in total. The first-order chi connectivity index (χ1) is 15.0. The Balaban J connectivity index is 1.41. The van der Waals surface area contributed by atoms with E-state index in [2.05, 4.69) is 34.6 Å². The molecule has 1 saturated carbocycles. The zero-order valence-electron chi connectivity index (χ0n) is 17.4. The summed E-state index contributed by atoms with van der Waals surface area (Å²) in [6.45, 7) is 1.05. The highest BCUT2D eigenvalue weighted by molar-refractivity contribution is 7.92. The second-order valence-corrected chi connectivity index (χ2v) is 10.4. The van der Waals surface area contributed by atoms with E-state index in [9.17, 15) is 13.2 Å². The topological polar surface area (TPSA) is 81.1 Å². The molecule has 1 fully saturated rings. The van der Waals surface area contributed by atoms with Gasteiger partial charge in [-0.1, -0.05) is 61.4 Å². The van der Waals surface area contributed by atoms with Crippen LogP contribution >= 0.6 is 0 Å². The summed E-state index contributed by atoms with van der Waals surface area (Å²) >= 11 is 0. The number of rotatable bonds is 8. The average Bonchev–Trinajstić information content (AvgIpc) is 3.48. The molecule has 0 atom stereocenters.